The Morgan fingerprint density at radius 1 is 1.00 bits per heavy atom. The van der Waals surface area contributed by atoms with E-state index < -0.39 is 11.1 Å². The van der Waals surface area contributed by atoms with Crippen molar-refractivity contribution in [2.45, 2.75) is 19.4 Å². The van der Waals surface area contributed by atoms with E-state index >= 15 is 0 Å². The highest BCUT2D eigenvalue weighted by atomic mass is 79.9. The van der Waals surface area contributed by atoms with Gasteiger partial charge in [0.25, 0.3) is 11.1 Å². The van der Waals surface area contributed by atoms with Gasteiger partial charge < -0.3 is 9.64 Å². The number of carbonyl (C=O) groups excluding carboxylic acids is 3. The van der Waals surface area contributed by atoms with Crippen molar-refractivity contribution < 1.29 is 19.1 Å². The van der Waals surface area contributed by atoms with Gasteiger partial charge in [0, 0.05) is 13.1 Å². The minimum absolute atomic E-state index is 0.179. The van der Waals surface area contributed by atoms with Gasteiger partial charge in [-0.2, -0.15) is 0 Å². The van der Waals surface area contributed by atoms with Crippen molar-refractivity contribution in [1.29, 1.82) is 0 Å². The van der Waals surface area contributed by atoms with Gasteiger partial charge in [-0.1, -0.05) is 42.5 Å². The Bertz CT molecular complexity index is 1350. The molecular weight excluding hydrogens is 528 g/mol. The lowest BCUT2D eigenvalue weighted by Gasteiger charge is -2.18. The number of fused-ring (bicyclic) bond motifs is 1. The molecule has 0 N–H and O–H groups in total. The molecule has 0 spiro atoms. The van der Waals surface area contributed by atoms with Gasteiger partial charge in [-0.15, -0.1) is 0 Å². The van der Waals surface area contributed by atoms with E-state index in [1.165, 1.54) is 10.8 Å². The summed E-state index contributed by atoms with van der Waals surface area (Å²) >= 11 is 4.41. The maximum atomic E-state index is 12.8. The number of rotatable bonds is 6. The van der Waals surface area contributed by atoms with Gasteiger partial charge >= 0.3 is 0 Å². The zero-order valence-corrected chi connectivity index (χ0v) is 21.3. The Morgan fingerprint density at radius 2 is 1.77 bits per heavy atom. The molecule has 8 heteroatoms. The second-order valence-electron chi connectivity index (χ2n) is 8.52. The van der Waals surface area contributed by atoms with Crippen LogP contribution in [0.15, 0.2) is 70.0 Å². The normalized spacial score (nSPS) is 17.1. The maximum Gasteiger partial charge on any atom is 0.294 e. The monoisotopic (exact) mass is 550 g/mol. The predicted molar refractivity (Wildman–Crippen MR) is 141 cm³/mol. The van der Waals surface area contributed by atoms with Crippen molar-refractivity contribution in [3.05, 3.63) is 81.2 Å². The molecule has 5 rings (SSSR count). The van der Waals surface area contributed by atoms with E-state index in [-0.39, 0.29) is 12.5 Å². The van der Waals surface area contributed by atoms with Gasteiger partial charge in [-0.25, -0.2) is 0 Å². The maximum absolute atomic E-state index is 12.8. The fraction of sp³-hybridized carbons (Fsp3) is 0.222. The Kier molecular flexibility index (Phi) is 6.92. The molecule has 2 heterocycles. The lowest BCUT2D eigenvalue weighted by molar-refractivity contribution is -0.135. The van der Waals surface area contributed by atoms with Crippen LogP contribution in [0, 0.1) is 0 Å². The third kappa shape index (κ3) is 5.28. The van der Waals surface area contributed by atoms with E-state index in [0.29, 0.717) is 30.4 Å². The van der Waals surface area contributed by atoms with Gasteiger partial charge in [0.1, 0.15) is 18.9 Å². The van der Waals surface area contributed by atoms with Crippen LogP contribution in [-0.2, 0) is 16.2 Å². The summed E-state index contributed by atoms with van der Waals surface area (Å²) in [5.41, 5.74) is 1.82. The Hall–Kier alpha value is -3.10. The zero-order chi connectivity index (χ0) is 24.4. The number of halogens is 1. The van der Waals surface area contributed by atoms with Gasteiger partial charge in [-0.3, -0.25) is 19.3 Å². The molecule has 0 bridgehead atoms. The van der Waals surface area contributed by atoms with Crippen LogP contribution in [-0.4, -0.2) is 46.5 Å². The van der Waals surface area contributed by atoms with Gasteiger partial charge in [0.05, 0.1) is 9.38 Å². The summed E-state index contributed by atoms with van der Waals surface area (Å²) in [4.78, 5) is 40.6. The van der Waals surface area contributed by atoms with Crippen LogP contribution in [0.3, 0.4) is 0 Å². The number of hydrogen-bond donors (Lipinski definition) is 0. The summed E-state index contributed by atoms with van der Waals surface area (Å²) in [5.74, 6) is 0.0710. The molecule has 2 aliphatic rings. The first-order valence-corrected chi connectivity index (χ1v) is 13.0. The highest BCUT2D eigenvalue weighted by Gasteiger charge is 2.37. The first-order chi connectivity index (χ1) is 17.0. The smallest absolute Gasteiger partial charge is 0.294 e. The Labute approximate surface area is 216 Å². The van der Waals surface area contributed by atoms with Crippen LogP contribution < -0.4 is 4.74 Å². The summed E-state index contributed by atoms with van der Waals surface area (Å²) in [6, 6.07) is 20.0. The minimum atomic E-state index is -0.430. The van der Waals surface area contributed by atoms with E-state index in [1.807, 2.05) is 30.3 Å². The number of amides is 3. The molecule has 35 heavy (non-hydrogen) atoms. The molecule has 3 aromatic carbocycles. The third-order valence-electron chi connectivity index (χ3n) is 6.09. The number of imide groups is 1. The summed E-state index contributed by atoms with van der Waals surface area (Å²) < 4.78 is 6.75. The molecule has 2 saturated heterocycles. The number of thioether (sulfide) groups is 1. The topological polar surface area (TPSA) is 66.9 Å². The molecule has 2 fully saturated rings. The Morgan fingerprint density at radius 3 is 2.54 bits per heavy atom. The van der Waals surface area contributed by atoms with Crippen molar-refractivity contribution in [1.82, 2.24) is 9.80 Å². The number of carbonyl (C=O) groups is 3. The summed E-state index contributed by atoms with van der Waals surface area (Å²) in [6.45, 7) is 1.60. The van der Waals surface area contributed by atoms with Crippen molar-refractivity contribution in [3.63, 3.8) is 0 Å². The van der Waals surface area contributed by atoms with E-state index in [0.717, 1.165) is 45.1 Å². The molecule has 0 atom stereocenters. The van der Waals surface area contributed by atoms with Crippen molar-refractivity contribution in [3.8, 4) is 5.75 Å². The number of likely N-dealkylation sites (tertiary alicyclic amines) is 1. The SMILES string of the molecule is O=C(CN1C(=O)S/C(=C/c2ccc(OCc3ccc4ccccc4c3)c(Br)c2)C1=O)N1CCCC1. The molecule has 2 aliphatic heterocycles. The second kappa shape index (κ2) is 10.3. The molecule has 0 unspecified atom stereocenters. The molecule has 0 aliphatic carbocycles. The van der Waals surface area contributed by atoms with Crippen LogP contribution in [0.1, 0.15) is 24.0 Å². The quantitative estimate of drug-likeness (QED) is 0.360. The number of hydrogen-bond acceptors (Lipinski definition) is 5. The summed E-state index contributed by atoms with van der Waals surface area (Å²) in [5, 5.41) is 1.94. The van der Waals surface area contributed by atoms with E-state index in [2.05, 4.69) is 46.3 Å². The number of ether oxygens (including phenoxy) is 1. The van der Waals surface area contributed by atoms with E-state index in [9.17, 15) is 14.4 Å². The third-order valence-corrected chi connectivity index (χ3v) is 7.61. The first-order valence-electron chi connectivity index (χ1n) is 11.4. The lowest BCUT2D eigenvalue weighted by Crippen LogP contribution is -2.40. The molecule has 0 radical (unpaired) electrons. The average Bonchev–Trinajstić information content (AvgIpc) is 3.48. The Balaban J connectivity index is 1.24. The minimum Gasteiger partial charge on any atom is -0.488 e. The average molecular weight is 551 g/mol. The highest BCUT2D eigenvalue weighted by molar-refractivity contribution is 9.10. The molecule has 6 nitrogen and oxygen atoms in total. The molecular formula is C27H23BrN2O4S. The molecule has 3 amide bonds. The fourth-order valence-electron chi connectivity index (χ4n) is 4.20. The van der Waals surface area contributed by atoms with Crippen molar-refractivity contribution in [2.75, 3.05) is 19.6 Å². The van der Waals surface area contributed by atoms with Crippen molar-refractivity contribution in [2.24, 2.45) is 0 Å². The van der Waals surface area contributed by atoms with Crippen LogP contribution in [0.4, 0.5) is 4.79 Å². The second-order valence-corrected chi connectivity index (χ2v) is 10.4. The van der Waals surface area contributed by atoms with Gasteiger partial charge in [0.15, 0.2) is 0 Å². The lowest BCUT2D eigenvalue weighted by atomic mass is 10.1. The standard InChI is InChI=1S/C27H23BrN2O4S/c28-22-14-18(8-10-23(22)34-17-19-7-9-20-5-1-2-6-21(20)13-19)15-24-26(32)30(27(33)35-24)16-25(31)29-11-3-4-12-29/h1-2,5-10,13-15H,3-4,11-12,16-17H2/b24-15+. The number of benzene rings is 3. The van der Waals surface area contributed by atoms with Crippen LogP contribution in [0.5, 0.6) is 5.75 Å². The van der Waals surface area contributed by atoms with Crippen LogP contribution >= 0.6 is 27.7 Å². The predicted octanol–water partition coefficient (Wildman–Crippen LogP) is 5.84. The van der Waals surface area contributed by atoms with Gasteiger partial charge in [0.2, 0.25) is 5.91 Å². The zero-order valence-electron chi connectivity index (χ0n) is 18.9. The molecule has 0 saturated carbocycles. The van der Waals surface area contributed by atoms with Crippen LogP contribution in [0.2, 0.25) is 0 Å². The highest BCUT2D eigenvalue weighted by Crippen LogP contribution is 2.34. The molecule has 3 aromatic rings. The van der Waals surface area contributed by atoms with E-state index in [1.54, 1.807) is 11.0 Å². The van der Waals surface area contributed by atoms with Gasteiger partial charge in [-0.05, 0) is 86.7 Å². The fourth-order valence-corrected chi connectivity index (χ4v) is 5.55. The largest absolute Gasteiger partial charge is 0.488 e. The molecule has 0 aromatic heterocycles. The number of nitrogens with zero attached hydrogens (tertiary/aromatic N) is 2. The van der Waals surface area contributed by atoms with Crippen LogP contribution in [0.25, 0.3) is 16.8 Å². The van der Waals surface area contributed by atoms with Crippen molar-refractivity contribution >= 4 is 61.6 Å². The first kappa shape index (κ1) is 23.6. The summed E-state index contributed by atoms with van der Waals surface area (Å²) in [7, 11) is 0. The summed E-state index contributed by atoms with van der Waals surface area (Å²) in [6.07, 6.45) is 3.60. The molecule has 178 valence electrons. The van der Waals surface area contributed by atoms with E-state index in [4.69, 9.17) is 4.74 Å².